The molecule has 0 atom stereocenters. The summed E-state index contributed by atoms with van der Waals surface area (Å²) in [6.45, 7) is 1.41. The average molecular weight is 253 g/mol. The Balaban J connectivity index is 1.94. The summed E-state index contributed by atoms with van der Waals surface area (Å²) in [5, 5.41) is 3.79. The van der Waals surface area contributed by atoms with Crippen LogP contribution < -0.4 is 5.32 Å². The highest BCUT2D eigenvalue weighted by molar-refractivity contribution is 5.99. The van der Waals surface area contributed by atoms with Crippen LogP contribution in [0.4, 0.5) is 0 Å². The summed E-state index contributed by atoms with van der Waals surface area (Å²) < 4.78 is 7.32. The normalized spacial score (nSPS) is 14.4. The summed E-state index contributed by atoms with van der Waals surface area (Å²) in [4.78, 5) is 16.3. The van der Waals surface area contributed by atoms with Crippen molar-refractivity contribution in [2.24, 2.45) is 0 Å². The minimum absolute atomic E-state index is 0.0381. The third kappa shape index (κ3) is 1.48. The lowest BCUT2D eigenvalue weighted by Crippen LogP contribution is -2.34. The van der Waals surface area contributed by atoms with Crippen LogP contribution in [0.3, 0.4) is 0 Å². The van der Waals surface area contributed by atoms with Crippen molar-refractivity contribution < 1.29 is 9.21 Å². The van der Waals surface area contributed by atoms with Crippen LogP contribution in [0.2, 0.25) is 0 Å². The number of furan rings is 1. The summed E-state index contributed by atoms with van der Waals surface area (Å²) in [5.74, 6) is 0.742. The number of hydrogen-bond donors (Lipinski definition) is 1. The molecule has 0 fully saturated rings. The minimum Gasteiger partial charge on any atom is -0.464 e. The maximum Gasteiger partial charge on any atom is 0.268 e. The Morgan fingerprint density at radius 1 is 1.37 bits per heavy atom. The molecule has 19 heavy (non-hydrogen) atoms. The Bertz CT molecular complexity index is 771. The summed E-state index contributed by atoms with van der Waals surface area (Å²) in [5.41, 5.74) is 2.44. The molecule has 0 aromatic carbocycles. The predicted octanol–water partition coefficient (Wildman–Crippen LogP) is 2.04. The van der Waals surface area contributed by atoms with Crippen LogP contribution in [0, 0.1) is 0 Å². The molecule has 3 aromatic rings. The first-order valence-electron chi connectivity index (χ1n) is 6.14. The maximum absolute atomic E-state index is 11.8. The van der Waals surface area contributed by atoms with Gasteiger partial charge in [0.15, 0.2) is 0 Å². The smallest absolute Gasteiger partial charge is 0.268 e. The average Bonchev–Trinajstić information content (AvgIpc) is 3.06. The largest absolute Gasteiger partial charge is 0.464 e. The van der Waals surface area contributed by atoms with Gasteiger partial charge in [0.25, 0.3) is 5.91 Å². The van der Waals surface area contributed by atoms with Crippen molar-refractivity contribution in [1.29, 1.82) is 0 Å². The second-order valence-electron chi connectivity index (χ2n) is 4.55. The van der Waals surface area contributed by atoms with Gasteiger partial charge in [-0.05, 0) is 24.3 Å². The van der Waals surface area contributed by atoms with E-state index in [-0.39, 0.29) is 5.91 Å². The van der Waals surface area contributed by atoms with Gasteiger partial charge in [0, 0.05) is 30.2 Å². The molecular weight excluding hydrogens is 242 g/mol. The van der Waals surface area contributed by atoms with Gasteiger partial charge < -0.3 is 14.3 Å². The van der Waals surface area contributed by atoms with Crippen molar-refractivity contribution in [1.82, 2.24) is 14.9 Å². The van der Waals surface area contributed by atoms with E-state index in [0.29, 0.717) is 12.2 Å². The van der Waals surface area contributed by atoms with Crippen molar-refractivity contribution in [3.05, 3.63) is 42.4 Å². The number of pyridine rings is 1. The molecule has 1 N–H and O–H groups in total. The van der Waals surface area contributed by atoms with Gasteiger partial charge in [0.05, 0.1) is 6.26 Å². The van der Waals surface area contributed by atoms with E-state index >= 15 is 0 Å². The highest BCUT2D eigenvalue weighted by Gasteiger charge is 2.20. The number of rotatable bonds is 1. The Labute approximate surface area is 108 Å². The van der Waals surface area contributed by atoms with Crippen LogP contribution in [0.1, 0.15) is 10.5 Å². The lowest BCUT2D eigenvalue weighted by Gasteiger charge is -2.15. The van der Waals surface area contributed by atoms with Gasteiger partial charge in [0.1, 0.15) is 17.1 Å². The first-order valence-corrected chi connectivity index (χ1v) is 6.14. The summed E-state index contributed by atoms with van der Waals surface area (Å²) in [6.07, 6.45) is 3.42. The molecule has 5 nitrogen and oxygen atoms in total. The summed E-state index contributed by atoms with van der Waals surface area (Å²) >= 11 is 0. The number of amides is 1. The lowest BCUT2D eigenvalue weighted by atomic mass is 10.2. The van der Waals surface area contributed by atoms with Crippen LogP contribution in [0.15, 0.2) is 41.1 Å². The standard InChI is InChI=1S/C14H11N3O2/c18-14-11-7-9-6-10(12-2-1-5-19-12)8-16-13(9)17(11)4-3-15-14/h1-2,5-8H,3-4H2,(H,15,18). The molecule has 1 aliphatic heterocycles. The third-order valence-electron chi connectivity index (χ3n) is 3.39. The molecule has 1 amide bonds. The molecule has 3 aromatic heterocycles. The molecule has 0 bridgehead atoms. The third-order valence-corrected chi connectivity index (χ3v) is 3.39. The fourth-order valence-corrected chi connectivity index (χ4v) is 2.51. The highest BCUT2D eigenvalue weighted by atomic mass is 16.3. The van der Waals surface area contributed by atoms with Gasteiger partial charge in [-0.1, -0.05) is 0 Å². The van der Waals surface area contributed by atoms with Gasteiger partial charge in [-0.25, -0.2) is 4.98 Å². The fourth-order valence-electron chi connectivity index (χ4n) is 2.51. The molecule has 1 aliphatic rings. The van der Waals surface area contributed by atoms with Gasteiger partial charge in [-0.3, -0.25) is 4.79 Å². The zero-order valence-corrected chi connectivity index (χ0v) is 10.1. The molecule has 0 radical (unpaired) electrons. The quantitative estimate of drug-likeness (QED) is 0.722. The van der Waals surface area contributed by atoms with E-state index in [9.17, 15) is 4.79 Å². The van der Waals surface area contributed by atoms with Gasteiger partial charge in [0.2, 0.25) is 0 Å². The Kier molecular flexibility index (Phi) is 2.03. The molecular formula is C14H11N3O2. The number of nitrogens with zero attached hydrogens (tertiary/aromatic N) is 2. The lowest BCUT2D eigenvalue weighted by molar-refractivity contribution is 0.0929. The number of hydrogen-bond acceptors (Lipinski definition) is 3. The van der Waals surface area contributed by atoms with Crippen LogP contribution in [-0.2, 0) is 6.54 Å². The van der Waals surface area contributed by atoms with Crippen LogP contribution in [0.5, 0.6) is 0 Å². The maximum atomic E-state index is 11.8. The van der Waals surface area contributed by atoms with Crippen molar-refractivity contribution in [2.45, 2.75) is 6.54 Å². The van der Waals surface area contributed by atoms with Crippen molar-refractivity contribution in [2.75, 3.05) is 6.54 Å². The first kappa shape index (κ1) is 10.4. The van der Waals surface area contributed by atoms with E-state index in [1.165, 1.54) is 0 Å². The van der Waals surface area contributed by atoms with Gasteiger partial charge >= 0.3 is 0 Å². The van der Waals surface area contributed by atoms with E-state index in [1.807, 2.05) is 28.8 Å². The molecule has 94 valence electrons. The molecule has 4 heterocycles. The van der Waals surface area contributed by atoms with Gasteiger partial charge in [-0.15, -0.1) is 0 Å². The molecule has 0 spiro atoms. The second-order valence-corrected chi connectivity index (χ2v) is 4.55. The van der Waals surface area contributed by atoms with Crippen LogP contribution >= 0.6 is 0 Å². The van der Waals surface area contributed by atoms with Crippen molar-refractivity contribution in [3.8, 4) is 11.3 Å². The number of aromatic nitrogens is 2. The molecule has 5 heteroatoms. The summed E-state index contributed by atoms with van der Waals surface area (Å²) in [7, 11) is 0. The number of carbonyl (C=O) groups is 1. The molecule has 0 saturated heterocycles. The van der Waals surface area contributed by atoms with Crippen LogP contribution in [-0.4, -0.2) is 22.0 Å². The molecule has 4 rings (SSSR count). The number of carbonyl (C=O) groups excluding carboxylic acids is 1. The zero-order chi connectivity index (χ0) is 12.8. The second kappa shape index (κ2) is 3.71. The topological polar surface area (TPSA) is 60.1 Å². The first-order chi connectivity index (χ1) is 9.33. The SMILES string of the molecule is O=C1NCCn2c1cc1cc(-c3ccco3)cnc12. The van der Waals surface area contributed by atoms with Gasteiger partial charge in [-0.2, -0.15) is 0 Å². The minimum atomic E-state index is -0.0381. The molecule has 0 saturated carbocycles. The Morgan fingerprint density at radius 2 is 2.32 bits per heavy atom. The van der Waals surface area contributed by atoms with Crippen molar-refractivity contribution in [3.63, 3.8) is 0 Å². The predicted molar refractivity (Wildman–Crippen MR) is 69.8 cm³/mol. The Hall–Kier alpha value is -2.56. The zero-order valence-electron chi connectivity index (χ0n) is 10.1. The van der Waals surface area contributed by atoms with E-state index < -0.39 is 0 Å². The van der Waals surface area contributed by atoms with Crippen LogP contribution in [0.25, 0.3) is 22.4 Å². The number of fused-ring (bicyclic) bond motifs is 3. The Morgan fingerprint density at radius 3 is 3.16 bits per heavy atom. The van der Waals surface area contributed by atoms with Crippen molar-refractivity contribution >= 4 is 16.9 Å². The van der Waals surface area contributed by atoms with E-state index in [0.717, 1.165) is 28.9 Å². The fraction of sp³-hybridized carbons (Fsp3) is 0.143. The molecule has 0 aliphatic carbocycles. The molecule has 0 unspecified atom stereocenters. The number of nitrogens with one attached hydrogen (secondary N) is 1. The monoisotopic (exact) mass is 253 g/mol. The highest BCUT2D eigenvalue weighted by Crippen LogP contribution is 2.26. The summed E-state index contributed by atoms with van der Waals surface area (Å²) in [6, 6.07) is 7.62. The van der Waals surface area contributed by atoms with E-state index in [2.05, 4.69) is 10.3 Å². The van der Waals surface area contributed by atoms with E-state index in [4.69, 9.17) is 4.42 Å². The van der Waals surface area contributed by atoms with E-state index in [1.54, 1.807) is 12.5 Å².